The second kappa shape index (κ2) is 5.29. The van der Waals surface area contributed by atoms with Crippen LogP contribution in [0, 0.1) is 0 Å². The SMILES string of the molecule is CCSSc1nnc(SC)s1. The molecule has 62 valence electrons. The van der Waals surface area contributed by atoms with Crippen LogP contribution in [0.15, 0.2) is 8.68 Å². The van der Waals surface area contributed by atoms with Crippen LogP contribution in [0.5, 0.6) is 0 Å². The van der Waals surface area contributed by atoms with Crippen LogP contribution < -0.4 is 0 Å². The van der Waals surface area contributed by atoms with Gasteiger partial charge in [-0.15, -0.1) is 10.2 Å². The van der Waals surface area contributed by atoms with Crippen LogP contribution >= 0.6 is 44.7 Å². The molecule has 0 N–H and O–H groups in total. The van der Waals surface area contributed by atoms with Gasteiger partial charge in [0.25, 0.3) is 0 Å². The van der Waals surface area contributed by atoms with E-state index in [0.717, 1.165) is 14.4 Å². The van der Waals surface area contributed by atoms with Crippen LogP contribution in [0.25, 0.3) is 0 Å². The van der Waals surface area contributed by atoms with Gasteiger partial charge in [0, 0.05) is 5.75 Å². The van der Waals surface area contributed by atoms with Crippen LogP contribution in [-0.2, 0) is 0 Å². The fourth-order valence-corrected chi connectivity index (χ4v) is 3.75. The van der Waals surface area contributed by atoms with Crippen LogP contribution in [0.4, 0.5) is 0 Å². The van der Waals surface area contributed by atoms with Gasteiger partial charge in [0.15, 0.2) is 8.68 Å². The molecule has 1 aromatic rings. The van der Waals surface area contributed by atoms with Crippen molar-refractivity contribution >= 4 is 44.7 Å². The number of thioether (sulfide) groups is 1. The van der Waals surface area contributed by atoms with Gasteiger partial charge in [0.2, 0.25) is 0 Å². The average molecular weight is 224 g/mol. The Kier molecular flexibility index (Phi) is 4.66. The van der Waals surface area contributed by atoms with E-state index in [4.69, 9.17) is 0 Å². The van der Waals surface area contributed by atoms with Crippen LogP contribution in [0.3, 0.4) is 0 Å². The summed E-state index contributed by atoms with van der Waals surface area (Å²) in [5.41, 5.74) is 0. The Hall–Kier alpha value is 0.610. The lowest BCUT2D eigenvalue weighted by Gasteiger charge is -1.87. The van der Waals surface area contributed by atoms with Crippen molar-refractivity contribution in [3.63, 3.8) is 0 Å². The molecule has 0 bridgehead atoms. The summed E-state index contributed by atoms with van der Waals surface area (Å²) in [5.74, 6) is 1.11. The first-order valence-electron chi connectivity index (χ1n) is 3.03. The molecule has 11 heavy (non-hydrogen) atoms. The molecule has 0 unspecified atom stereocenters. The van der Waals surface area contributed by atoms with Crippen molar-refractivity contribution in [3.05, 3.63) is 0 Å². The molecule has 0 atom stereocenters. The van der Waals surface area contributed by atoms with Gasteiger partial charge in [-0.25, -0.2) is 0 Å². The van der Waals surface area contributed by atoms with Gasteiger partial charge in [-0.2, -0.15) is 0 Å². The Morgan fingerprint density at radius 3 is 2.64 bits per heavy atom. The largest absolute Gasteiger partial charge is 0.185 e. The molecule has 0 radical (unpaired) electrons. The minimum atomic E-state index is 1.05. The highest BCUT2D eigenvalue weighted by Crippen LogP contribution is 2.34. The molecule has 1 heterocycles. The number of nitrogens with zero attached hydrogens (tertiary/aromatic N) is 2. The molecule has 6 heteroatoms. The van der Waals surface area contributed by atoms with Crippen molar-refractivity contribution in [1.82, 2.24) is 10.2 Å². The minimum Gasteiger partial charge on any atom is -0.131 e. The number of rotatable bonds is 4. The van der Waals surface area contributed by atoms with E-state index in [9.17, 15) is 0 Å². The lowest BCUT2D eigenvalue weighted by Crippen LogP contribution is -1.68. The molecular weight excluding hydrogens is 216 g/mol. The maximum Gasteiger partial charge on any atom is 0.185 e. The molecule has 0 aromatic carbocycles. The first-order chi connectivity index (χ1) is 5.36. The number of hydrogen-bond donors (Lipinski definition) is 0. The third-order valence-electron chi connectivity index (χ3n) is 0.811. The smallest absolute Gasteiger partial charge is 0.131 e. The monoisotopic (exact) mass is 224 g/mol. The van der Waals surface area contributed by atoms with Crippen LogP contribution in [-0.4, -0.2) is 22.2 Å². The number of hydrogen-bond acceptors (Lipinski definition) is 6. The highest BCUT2D eigenvalue weighted by atomic mass is 33.1. The van der Waals surface area contributed by atoms with Crippen molar-refractivity contribution < 1.29 is 0 Å². The van der Waals surface area contributed by atoms with E-state index in [2.05, 4.69) is 17.1 Å². The molecule has 0 amide bonds. The van der Waals surface area contributed by atoms with E-state index in [-0.39, 0.29) is 0 Å². The molecule has 0 spiro atoms. The fourth-order valence-electron chi connectivity index (χ4n) is 0.423. The van der Waals surface area contributed by atoms with E-state index in [1.165, 1.54) is 0 Å². The molecule has 1 rings (SSSR count). The molecule has 2 nitrogen and oxygen atoms in total. The normalized spacial score (nSPS) is 10.4. The first-order valence-corrected chi connectivity index (χ1v) is 7.39. The molecule has 0 saturated carbocycles. The van der Waals surface area contributed by atoms with Gasteiger partial charge in [-0.3, -0.25) is 0 Å². The van der Waals surface area contributed by atoms with E-state index in [0.29, 0.717) is 0 Å². The Morgan fingerprint density at radius 2 is 2.09 bits per heavy atom. The quantitative estimate of drug-likeness (QED) is 0.578. The molecule has 0 saturated heterocycles. The van der Waals surface area contributed by atoms with Crippen molar-refractivity contribution in [2.75, 3.05) is 12.0 Å². The van der Waals surface area contributed by atoms with Crippen molar-refractivity contribution in [2.24, 2.45) is 0 Å². The molecule has 1 aromatic heterocycles. The topological polar surface area (TPSA) is 25.8 Å². The summed E-state index contributed by atoms with van der Waals surface area (Å²) in [5, 5.41) is 8.00. The summed E-state index contributed by atoms with van der Waals surface area (Å²) in [4.78, 5) is 0. The highest BCUT2D eigenvalue weighted by Gasteiger charge is 2.02. The Balaban J connectivity index is 2.44. The van der Waals surface area contributed by atoms with E-state index in [1.807, 2.05) is 6.26 Å². The molecular formula is C5H8N2S4. The lowest BCUT2D eigenvalue weighted by atomic mass is 11.0. The summed E-state index contributed by atoms with van der Waals surface area (Å²) >= 11 is 3.30. The zero-order valence-corrected chi connectivity index (χ0v) is 9.50. The third kappa shape index (κ3) is 3.23. The zero-order valence-electron chi connectivity index (χ0n) is 6.23. The predicted molar refractivity (Wildman–Crippen MR) is 55.7 cm³/mol. The van der Waals surface area contributed by atoms with Crippen molar-refractivity contribution in [1.29, 1.82) is 0 Å². The lowest BCUT2D eigenvalue weighted by molar-refractivity contribution is 0.958. The van der Waals surface area contributed by atoms with Gasteiger partial charge in [0.05, 0.1) is 0 Å². The Labute approximate surface area is 82.3 Å². The summed E-state index contributed by atoms with van der Waals surface area (Å²) in [7, 11) is 3.51. The number of aromatic nitrogens is 2. The van der Waals surface area contributed by atoms with Gasteiger partial charge < -0.3 is 0 Å². The van der Waals surface area contributed by atoms with Crippen molar-refractivity contribution in [3.8, 4) is 0 Å². The predicted octanol–water partition coefficient (Wildman–Crippen LogP) is 3.02. The maximum atomic E-state index is 4.01. The molecule has 0 fully saturated rings. The summed E-state index contributed by atoms with van der Waals surface area (Å²) in [6.45, 7) is 2.13. The Bertz CT molecular complexity index is 212. The standard InChI is InChI=1S/C5H8N2S4/c1-3-9-11-5-7-6-4(8-2)10-5/h3H2,1-2H3. The van der Waals surface area contributed by atoms with E-state index >= 15 is 0 Å². The summed E-state index contributed by atoms with van der Waals surface area (Å²) < 4.78 is 2.10. The summed E-state index contributed by atoms with van der Waals surface area (Å²) in [6.07, 6.45) is 2.02. The summed E-state index contributed by atoms with van der Waals surface area (Å²) in [6, 6.07) is 0. The Morgan fingerprint density at radius 1 is 1.36 bits per heavy atom. The molecule has 0 aliphatic carbocycles. The van der Waals surface area contributed by atoms with Crippen LogP contribution in [0.1, 0.15) is 6.92 Å². The van der Waals surface area contributed by atoms with Crippen LogP contribution in [0.2, 0.25) is 0 Å². The minimum absolute atomic E-state index is 1.05. The van der Waals surface area contributed by atoms with Crippen molar-refractivity contribution in [2.45, 2.75) is 15.6 Å². The molecule has 0 aliphatic rings. The van der Waals surface area contributed by atoms with E-state index in [1.54, 1.807) is 44.7 Å². The zero-order chi connectivity index (χ0) is 8.10. The maximum absolute atomic E-state index is 4.01. The van der Waals surface area contributed by atoms with Gasteiger partial charge >= 0.3 is 0 Å². The molecule has 0 aliphatic heterocycles. The fraction of sp³-hybridized carbons (Fsp3) is 0.600. The van der Waals surface area contributed by atoms with Gasteiger partial charge in [-0.05, 0) is 17.0 Å². The highest BCUT2D eigenvalue weighted by molar-refractivity contribution is 8.77. The van der Waals surface area contributed by atoms with Gasteiger partial charge in [0.1, 0.15) is 0 Å². The third-order valence-corrected chi connectivity index (χ3v) is 5.43. The van der Waals surface area contributed by atoms with Gasteiger partial charge in [-0.1, -0.05) is 40.8 Å². The second-order valence-corrected chi connectivity index (χ2v) is 6.39. The average Bonchev–Trinajstić information content (AvgIpc) is 2.48. The first kappa shape index (κ1) is 9.70. The second-order valence-electron chi connectivity index (χ2n) is 1.53. The van der Waals surface area contributed by atoms with E-state index < -0.39 is 0 Å².